The minimum Gasteiger partial charge on any atom is -0.478 e. The molecule has 0 aliphatic carbocycles. The molecule has 0 spiro atoms. The van der Waals surface area contributed by atoms with Gasteiger partial charge in [0.05, 0.1) is 54.5 Å². The van der Waals surface area contributed by atoms with Crippen molar-refractivity contribution in [1.29, 1.82) is 0 Å². The molecule has 20 nitrogen and oxygen atoms in total. The molecule has 0 saturated carbocycles. The van der Waals surface area contributed by atoms with Crippen molar-refractivity contribution < 1.29 is 65.0 Å². The van der Waals surface area contributed by atoms with Gasteiger partial charge in [-0.1, -0.05) is 60.7 Å². The van der Waals surface area contributed by atoms with Crippen LogP contribution in [-0.4, -0.2) is 146 Å². The van der Waals surface area contributed by atoms with Crippen LogP contribution < -0.4 is 16.0 Å². The number of aromatic nitrogens is 4. The van der Waals surface area contributed by atoms with Gasteiger partial charge in [-0.25, -0.2) is 14.8 Å². The van der Waals surface area contributed by atoms with Crippen LogP contribution in [0.25, 0.3) is 34.2 Å². The van der Waals surface area contributed by atoms with Gasteiger partial charge in [0.1, 0.15) is 36.6 Å². The van der Waals surface area contributed by atoms with Crippen molar-refractivity contribution >= 4 is 58.0 Å². The van der Waals surface area contributed by atoms with E-state index in [0.717, 1.165) is 28.3 Å². The van der Waals surface area contributed by atoms with Crippen molar-refractivity contribution in [2.75, 3.05) is 37.1 Å². The summed E-state index contributed by atoms with van der Waals surface area (Å²) in [6.07, 6.45) is -3.08. The van der Waals surface area contributed by atoms with Gasteiger partial charge in [-0.15, -0.1) is 0 Å². The third-order valence-electron chi connectivity index (χ3n) is 11.2. The number of carbonyl (C=O) groups excluding carboxylic acids is 1. The summed E-state index contributed by atoms with van der Waals surface area (Å²) in [5.41, 5.74) is 6.06. The standard InChI is InChI=1S/C25H30N4O7.C22H23N3O6/c30-12-17(13-31)27-21(33)9-8-15-4-3-5-16(10-15)11-26-25-28-18-6-1-2-7-19(18)29(25)24-23(35)22(34)20(14-32)36-24;26-12-17-19(29)20(30)21(31-17)25-16-7-2-1-6-15(16)24-22(25)23-11-14-5-3-4-13(10-14)8-9-18(27)28/h1-10,17,20,22-24,30-32,34-35H,11-14H2,(H,26,28)(H,27,33);1-10,17,19-21,26,29-30H,11-12H2,(H,23,24)(H,27,28)/b2*9-8+/t20-,22-,23-,24-;17-,19-,20-,21-/m11/s1. The molecule has 4 aromatic carbocycles. The number of benzene rings is 4. The molecule has 2 saturated heterocycles. The Bertz CT molecular complexity index is 2680. The average molecular weight is 924 g/mol. The SMILES string of the molecule is O=C(/C=C/c1cccc(CNc2nc3ccccc3n2[C@@H]2O[C@H](CO)[C@@H](O)[C@H]2O)c1)NC(CO)CO.O=C(O)/C=C/c1cccc(CNc2nc3ccccc3n2[C@@H]2O[C@H](CO)[C@@H](O)[C@H]2O)c1. The highest BCUT2D eigenvalue weighted by atomic mass is 16.6. The highest BCUT2D eigenvalue weighted by Gasteiger charge is 2.46. The molecule has 2 aromatic heterocycles. The molecule has 0 radical (unpaired) electrons. The Morgan fingerprint density at radius 3 is 1.48 bits per heavy atom. The van der Waals surface area contributed by atoms with Crippen molar-refractivity contribution in [3.05, 3.63) is 131 Å². The molecular weight excluding hydrogens is 871 g/mol. The number of imidazole rings is 2. The first-order valence-electron chi connectivity index (χ1n) is 21.4. The van der Waals surface area contributed by atoms with E-state index in [4.69, 9.17) is 24.8 Å². The van der Waals surface area contributed by atoms with Gasteiger partial charge in [0.2, 0.25) is 17.8 Å². The summed E-state index contributed by atoms with van der Waals surface area (Å²) >= 11 is 0. The van der Waals surface area contributed by atoms with Crippen LogP contribution in [-0.2, 0) is 32.2 Å². The zero-order valence-electron chi connectivity index (χ0n) is 35.9. The maximum absolute atomic E-state index is 12.0. The van der Waals surface area contributed by atoms with E-state index in [1.165, 1.54) is 12.2 Å². The molecule has 12 N–H and O–H groups in total. The number of aliphatic hydroxyl groups excluding tert-OH is 8. The first kappa shape index (κ1) is 48.4. The van der Waals surface area contributed by atoms with Crippen LogP contribution in [0.3, 0.4) is 0 Å². The van der Waals surface area contributed by atoms with Crippen molar-refractivity contribution in [3.63, 3.8) is 0 Å². The van der Waals surface area contributed by atoms with Gasteiger partial charge in [0, 0.05) is 25.2 Å². The Hall–Kier alpha value is -6.56. The lowest BCUT2D eigenvalue weighted by atomic mass is 10.1. The second-order valence-corrected chi connectivity index (χ2v) is 15.8. The van der Waals surface area contributed by atoms with Gasteiger partial charge in [-0.2, -0.15) is 0 Å². The molecule has 8 rings (SSSR count). The number of amides is 1. The largest absolute Gasteiger partial charge is 0.478 e. The smallest absolute Gasteiger partial charge is 0.328 e. The zero-order chi connectivity index (χ0) is 47.6. The molecule has 4 heterocycles. The number of carboxylic acid groups (broad SMARTS) is 1. The van der Waals surface area contributed by atoms with Crippen LogP contribution >= 0.6 is 0 Å². The predicted molar refractivity (Wildman–Crippen MR) is 245 cm³/mol. The van der Waals surface area contributed by atoms with E-state index in [1.54, 1.807) is 21.3 Å². The molecule has 2 aliphatic heterocycles. The Labute approximate surface area is 383 Å². The number of hydrogen-bond donors (Lipinski definition) is 12. The van der Waals surface area contributed by atoms with Gasteiger partial charge >= 0.3 is 5.97 Å². The van der Waals surface area contributed by atoms with Crippen molar-refractivity contribution in [3.8, 4) is 0 Å². The van der Waals surface area contributed by atoms with E-state index < -0.39 is 80.2 Å². The van der Waals surface area contributed by atoms with E-state index in [9.17, 15) is 40.2 Å². The first-order valence-corrected chi connectivity index (χ1v) is 21.4. The number of carbonyl (C=O) groups is 2. The Morgan fingerprint density at radius 2 is 1.06 bits per heavy atom. The minimum atomic E-state index is -1.25. The molecule has 354 valence electrons. The number of para-hydroxylation sites is 4. The van der Waals surface area contributed by atoms with Crippen LogP contribution in [0.1, 0.15) is 34.7 Å². The summed E-state index contributed by atoms with van der Waals surface area (Å²) in [5.74, 6) is -0.595. The van der Waals surface area contributed by atoms with E-state index >= 15 is 0 Å². The van der Waals surface area contributed by atoms with E-state index in [-0.39, 0.29) is 13.2 Å². The number of carboxylic acids is 1. The quantitative estimate of drug-likeness (QED) is 0.0570. The topological polar surface area (TPSA) is 306 Å². The number of ether oxygens (including phenoxy) is 2. The Balaban J connectivity index is 0.000000201. The molecule has 1 amide bonds. The van der Waals surface area contributed by atoms with Crippen molar-refractivity contribution in [1.82, 2.24) is 24.4 Å². The van der Waals surface area contributed by atoms with E-state index in [2.05, 4.69) is 25.9 Å². The summed E-state index contributed by atoms with van der Waals surface area (Å²) in [6.45, 7) is -0.811. The number of hydrogen-bond acceptors (Lipinski definition) is 16. The second kappa shape index (κ2) is 22.3. The summed E-state index contributed by atoms with van der Waals surface area (Å²) in [5, 5.41) is 96.4. The average Bonchev–Trinajstić information content (AvgIpc) is 4.07. The van der Waals surface area contributed by atoms with Crippen LogP contribution in [0, 0.1) is 0 Å². The maximum Gasteiger partial charge on any atom is 0.328 e. The third kappa shape index (κ3) is 11.4. The predicted octanol–water partition coefficient (Wildman–Crippen LogP) is 1.10. The van der Waals surface area contributed by atoms with Gasteiger partial charge in [0.25, 0.3) is 0 Å². The second-order valence-electron chi connectivity index (χ2n) is 15.8. The number of aliphatic hydroxyl groups is 8. The van der Waals surface area contributed by atoms with E-state index in [0.29, 0.717) is 47.1 Å². The lowest BCUT2D eigenvalue weighted by Gasteiger charge is -2.20. The van der Waals surface area contributed by atoms with Gasteiger partial charge in [-0.3, -0.25) is 13.9 Å². The van der Waals surface area contributed by atoms with Crippen molar-refractivity contribution in [2.45, 2.75) is 68.2 Å². The number of anilines is 2. The van der Waals surface area contributed by atoms with E-state index in [1.807, 2.05) is 91.0 Å². The van der Waals surface area contributed by atoms with Crippen LogP contribution in [0.4, 0.5) is 11.9 Å². The molecule has 20 heteroatoms. The molecule has 0 bridgehead atoms. The molecule has 6 aromatic rings. The fraction of sp³-hybridized carbons (Fsp3) is 0.319. The molecule has 67 heavy (non-hydrogen) atoms. The number of fused-ring (bicyclic) bond motifs is 2. The third-order valence-corrected chi connectivity index (χ3v) is 11.2. The van der Waals surface area contributed by atoms with Crippen LogP contribution in [0.2, 0.25) is 0 Å². The van der Waals surface area contributed by atoms with Crippen molar-refractivity contribution in [2.24, 2.45) is 0 Å². The number of rotatable bonds is 17. The summed E-state index contributed by atoms with van der Waals surface area (Å²) in [4.78, 5) is 31.9. The van der Waals surface area contributed by atoms with Gasteiger partial charge < -0.3 is 71.4 Å². The maximum atomic E-state index is 12.0. The van der Waals surface area contributed by atoms with Crippen LogP contribution in [0.5, 0.6) is 0 Å². The normalized spacial score (nSPS) is 22.8. The highest BCUT2D eigenvalue weighted by Crippen LogP contribution is 2.36. The number of aliphatic carboxylic acids is 1. The fourth-order valence-electron chi connectivity index (χ4n) is 7.75. The molecule has 8 atom stereocenters. The van der Waals surface area contributed by atoms with Gasteiger partial charge in [-0.05, 0) is 70.8 Å². The minimum absolute atomic E-state index is 0.357. The zero-order valence-corrected chi connectivity index (χ0v) is 35.9. The summed E-state index contributed by atoms with van der Waals surface area (Å²) < 4.78 is 14.8. The lowest BCUT2D eigenvalue weighted by molar-refractivity contribution is -0.131. The highest BCUT2D eigenvalue weighted by molar-refractivity contribution is 5.92. The Morgan fingerprint density at radius 1 is 0.612 bits per heavy atom. The molecule has 2 fully saturated rings. The summed E-state index contributed by atoms with van der Waals surface area (Å²) in [6, 6.07) is 28.8. The number of nitrogens with zero attached hydrogens (tertiary/aromatic N) is 4. The molecule has 2 aliphatic rings. The fourth-order valence-corrected chi connectivity index (χ4v) is 7.75. The monoisotopic (exact) mass is 923 g/mol. The number of nitrogens with one attached hydrogen (secondary N) is 3. The molecule has 0 unspecified atom stereocenters. The Kier molecular flexibility index (Phi) is 16.1. The summed E-state index contributed by atoms with van der Waals surface area (Å²) in [7, 11) is 0. The lowest BCUT2D eigenvalue weighted by Crippen LogP contribution is -2.39. The van der Waals surface area contributed by atoms with Gasteiger partial charge in [0.15, 0.2) is 12.5 Å². The van der Waals surface area contributed by atoms with Crippen LogP contribution in [0.15, 0.2) is 109 Å². The molecular formula is C47H53N7O13. The first-order chi connectivity index (χ1) is 32.4.